The molecule has 0 aromatic carbocycles. The van der Waals surface area contributed by atoms with Gasteiger partial charge in [0.2, 0.25) is 5.96 Å². The third-order valence-electron chi connectivity index (χ3n) is 9.31. The van der Waals surface area contributed by atoms with Gasteiger partial charge in [0.1, 0.15) is 23.4 Å². The number of aryl methyl sites for hydroxylation is 1. The highest BCUT2D eigenvalue weighted by Gasteiger charge is 2.37. The predicted octanol–water partition coefficient (Wildman–Crippen LogP) is 5.99. The van der Waals surface area contributed by atoms with Crippen LogP contribution in [0.5, 0.6) is 0 Å². The van der Waals surface area contributed by atoms with Crippen LogP contribution in [0.15, 0.2) is 63.9 Å². The molecule has 228 valence electrons. The fraction of sp³-hybridized carbons (Fsp3) is 0.588. The van der Waals surface area contributed by atoms with E-state index in [1.165, 1.54) is 16.7 Å². The van der Waals surface area contributed by atoms with E-state index < -0.39 is 0 Å². The summed E-state index contributed by atoms with van der Waals surface area (Å²) < 4.78 is 7.63. The Hall–Kier alpha value is -3.10. The molecule has 2 unspecified atom stereocenters. The summed E-state index contributed by atoms with van der Waals surface area (Å²) in [4.78, 5) is 15.3. The molecule has 1 aromatic heterocycles. The van der Waals surface area contributed by atoms with Crippen molar-refractivity contribution in [3.8, 4) is 0 Å². The molecular weight excluding hydrogens is 522 g/mol. The molecule has 3 heterocycles. The highest BCUT2D eigenvalue weighted by atomic mass is 16.5. The number of hydrogen-bond donors (Lipinski definition) is 2. The lowest BCUT2D eigenvalue weighted by molar-refractivity contribution is 0.133. The molecule has 8 heteroatoms. The molecule has 4 aliphatic rings. The number of fused-ring (bicyclic) bond motifs is 1. The molecule has 2 N–H and O–H groups in total. The zero-order chi connectivity index (χ0) is 30.2. The molecule has 2 aliphatic heterocycles. The molecular formula is C34H51N7O. The minimum Gasteiger partial charge on any atom is -0.497 e. The number of anilines is 1. The number of ether oxygens (including phenoxy) is 1. The second-order valence-electron chi connectivity index (χ2n) is 13.9. The molecule has 1 saturated heterocycles. The third kappa shape index (κ3) is 6.45. The van der Waals surface area contributed by atoms with Crippen LogP contribution in [0.25, 0.3) is 0 Å². The summed E-state index contributed by atoms with van der Waals surface area (Å²) in [5.74, 6) is 3.75. The Labute approximate surface area is 253 Å². The first-order chi connectivity index (χ1) is 19.9. The maximum absolute atomic E-state index is 5.45. The van der Waals surface area contributed by atoms with Crippen LogP contribution in [0, 0.1) is 12.3 Å². The average Bonchev–Trinajstić information content (AvgIpc) is 3.06. The Morgan fingerprint density at radius 3 is 2.64 bits per heavy atom. The summed E-state index contributed by atoms with van der Waals surface area (Å²) in [6.45, 7) is 19.7. The van der Waals surface area contributed by atoms with Crippen LogP contribution < -0.4 is 10.6 Å². The summed E-state index contributed by atoms with van der Waals surface area (Å²) in [7, 11) is 3.83. The van der Waals surface area contributed by atoms with Gasteiger partial charge in [-0.3, -0.25) is 10.2 Å². The first-order valence-electron chi connectivity index (χ1n) is 15.5. The average molecular weight is 574 g/mol. The quantitative estimate of drug-likeness (QED) is 0.451. The van der Waals surface area contributed by atoms with Crippen molar-refractivity contribution in [1.82, 2.24) is 24.7 Å². The zero-order valence-electron chi connectivity index (χ0n) is 27.2. The minimum absolute atomic E-state index is 0.0441. The molecule has 42 heavy (non-hydrogen) atoms. The van der Waals surface area contributed by atoms with Crippen molar-refractivity contribution in [2.24, 2.45) is 17.5 Å². The molecule has 1 aromatic rings. The fourth-order valence-corrected chi connectivity index (χ4v) is 6.38. The molecule has 8 nitrogen and oxygen atoms in total. The minimum atomic E-state index is -0.179. The first kappa shape index (κ1) is 30.4. The topological polar surface area (TPSA) is 70.0 Å². The molecule has 5 rings (SSSR count). The van der Waals surface area contributed by atoms with E-state index >= 15 is 0 Å². The Balaban J connectivity index is 1.36. The number of imidazole rings is 1. The van der Waals surface area contributed by atoms with Crippen molar-refractivity contribution in [1.29, 1.82) is 0 Å². The fourth-order valence-electron chi connectivity index (χ4n) is 6.38. The molecule has 0 amide bonds. The van der Waals surface area contributed by atoms with Gasteiger partial charge in [0.05, 0.1) is 7.11 Å². The number of aromatic nitrogens is 2. The van der Waals surface area contributed by atoms with Crippen LogP contribution in [0.2, 0.25) is 0 Å². The van der Waals surface area contributed by atoms with Gasteiger partial charge in [0.15, 0.2) is 5.82 Å². The van der Waals surface area contributed by atoms with Gasteiger partial charge < -0.3 is 19.5 Å². The van der Waals surface area contributed by atoms with Crippen molar-refractivity contribution in [3.05, 3.63) is 70.5 Å². The van der Waals surface area contributed by atoms with E-state index in [9.17, 15) is 0 Å². The molecule has 2 aliphatic carbocycles. The molecule has 1 fully saturated rings. The van der Waals surface area contributed by atoms with E-state index in [1.54, 1.807) is 7.11 Å². The Morgan fingerprint density at radius 2 is 1.90 bits per heavy atom. The molecule has 2 atom stereocenters. The van der Waals surface area contributed by atoms with Crippen LogP contribution in [0.4, 0.5) is 5.82 Å². The van der Waals surface area contributed by atoms with Gasteiger partial charge in [-0.1, -0.05) is 56.2 Å². The maximum Gasteiger partial charge on any atom is 0.201 e. The number of methoxy groups -OCH3 is 1. The van der Waals surface area contributed by atoms with Crippen LogP contribution in [-0.4, -0.2) is 70.2 Å². The van der Waals surface area contributed by atoms with E-state index in [4.69, 9.17) is 14.7 Å². The van der Waals surface area contributed by atoms with Gasteiger partial charge in [0.25, 0.3) is 0 Å². The zero-order valence-corrected chi connectivity index (χ0v) is 27.2. The predicted molar refractivity (Wildman–Crippen MR) is 173 cm³/mol. The van der Waals surface area contributed by atoms with Gasteiger partial charge in [0, 0.05) is 44.8 Å². The van der Waals surface area contributed by atoms with Crippen molar-refractivity contribution >= 4 is 11.8 Å². The van der Waals surface area contributed by atoms with Crippen LogP contribution in [-0.2, 0) is 11.8 Å². The largest absolute Gasteiger partial charge is 0.497 e. The van der Waals surface area contributed by atoms with Crippen molar-refractivity contribution in [3.63, 3.8) is 0 Å². The smallest absolute Gasteiger partial charge is 0.201 e. The number of aliphatic imine (C=N–C) groups is 1. The van der Waals surface area contributed by atoms with E-state index in [1.807, 2.05) is 0 Å². The van der Waals surface area contributed by atoms with Gasteiger partial charge >= 0.3 is 0 Å². The normalized spacial score (nSPS) is 24.8. The van der Waals surface area contributed by atoms with Gasteiger partial charge in [-0.2, -0.15) is 0 Å². The molecule has 0 spiro atoms. The van der Waals surface area contributed by atoms with Crippen molar-refractivity contribution in [2.45, 2.75) is 85.5 Å². The van der Waals surface area contributed by atoms with Gasteiger partial charge in [-0.25, -0.2) is 9.98 Å². The molecule has 0 saturated carbocycles. The summed E-state index contributed by atoms with van der Waals surface area (Å²) >= 11 is 0. The Kier molecular flexibility index (Phi) is 8.59. The summed E-state index contributed by atoms with van der Waals surface area (Å²) in [6, 6.07) is 0.227. The van der Waals surface area contributed by atoms with Crippen LogP contribution in [0.1, 0.15) is 78.5 Å². The lowest BCUT2D eigenvalue weighted by Gasteiger charge is -2.40. The number of rotatable bonds is 5. The lowest BCUT2D eigenvalue weighted by Crippen LogP contribution is -2.52. The standard InChI is InChI=1S/C34H51N7O/c1-23-14-16-26(33(3,4)5)20-28(23)36-31-29-30(35-24(2)39(29)8)37-32(38-31)40-18-11-19-41(34(6,7)22-40)21-25-12-10-13-27(42-9)17-15-25/h12-17,28,31,36H,10-11,18-22H2,1-9H3,(H,37,38). The number of guanidine groups is 1. The van der Waals surface area contributed by atoms with E-state index in [-0.39, 0.29) is 23.2 Å². The third-order valence-corrected chi connectivity index (χ3v) is 9.31. The van der Waals surface area contributed by atoms with E-state index in [0.717, 1.165) is 74.5 Å². The second-order valence-corrected chi connectivity index (χ2v) is 13.9. The number of nitrogens with zero attached hydrogens (tertiary/aromatic N) is 5. The highest BCUT2D eigenvalue weighted by molar-refractivity contribution is 5.95. The van der Waals surface area contributed by atoms with Crippen LogP contribution in [0.3, 0.4) is 0 Å². The van der Waals surface area contributed by atoms with Crippen molar-refractivity contribution < 1.29 is 4.74 Å². The Bertz CT molecular complexity index is 1360. The number of allylic oxidation sites excluding steroid dienone is 5. The van der Waals surface area contributed by atoms with E-state index in [2.05, 4.69) is 117 Å². The number of nitrogens with one attached hydrogen (secondary N) is 2. The summed E-state index contributed by atoms with van der Waals surface area (Å²) in [5.41, 5.74) is 5.35. The first-order valence-corrected chi connectivity index (χ1v) is 15.5. The van der Waals surface area contributed by atoms with Crippen LogP contribution >= 0.6 is 0 Å². The van der Waals surface area contributed by atoms with Crippen molar-refractivity contribution in [2.75, 3.05) is 38.6 Å². The van der Waals surface area contributed by atoms with Gasteiger partial charge in [-0.15, -0.1) is 0 Å². The molecule has 0 radical (unpaired) electrons. The summed E-state index contributed by atoms with van der Waals surface area (Å²) in [5, 5.41) is 7.58. The SMILES string of the molecule is COC1=CCC=C(CN2CCCN(C3=NC(NC4CC(C(C)(C)C)=CC=C4C)c4c(nc(C)n4C)N3)CC2(C)C)C=C1. The number of hydrogen-bond acceptors (Lipinski definition) is 7. The second kappa shape index (κ2) is 11.9. The van der Waals surface area contributed by atoms with Gasteiger partial charge in [-0.05, 0) is 70.1 Å². The Morgan fingerprint density at radius 1 is 1.12 bits per heavy atom. The summed E-state index contributed by atoms with van der Waals surface area (Å²) in [6.07, 6.45) is 16.1. The maximum atomic E-state index is 5.45. The van der Waals surface area contributed by atoms with E-state index in [0.29, 0.717) is 0 Å². The lowest BCUT2D eigenvalue weighted by atomic mass is 9.79. The molecule has 0 bridgehead atoms. The highest BCUT2D eigenvalue weighted by Crippen LogP contribution is 2.36. The monoisotopic (exact) mass is 573 g/mol.